The van der Waals surface area contributed by atoms with E-state index in [0.717, 1.165) is 0 Å². The van der Waals surface area contributed by atoms with Gasteiger partial charge in [-0.25, -0.2) is 9.59 Å². The molecular formula is C67H109N11O14. The number of ether oxygens (including phenoxy) is 3. The van der Waals surface area contributed by atoms with Crippen LogP contribution in [0.15, 0.2) is 54.6 Å². The third kappa shape index (κ3) is 24.6. The summed E-state index contributed by atoms with van der Waals surface area (Å²) in [6, 6.07) is 8.72. The molecule has 1 heterocycles. The number of urea groups is 1. The number of carbonyl (C=O) groups excluding carboxylic acids is 10. The fourth-order valence-corrected chi connectivity index (χ4v) is 11.4. The summed E-state index contributed by atoms with van der Waals surface area (Å²) >= 11 is 0. The molecule has 0 bridgehead atoms. The van der Waals surface area contributed by atoms with Gasteiger partial charge in [0, 0.05) is 66.5 Å². The van der Waals surface area contributed by atoms with E-state index in [9.17, 15) is 53.1 Å². The Hall–Kier alpha value is -7.38. The van der Waals surface area contributed by atoms with Gasteiger partial charge in [-0.1, -0.05) is 132 Å². The Labute approximate surface area is 545 Å². The van der Waals surface area contributed by atoms with Gasteiger partial charge in [0.05, 0.1) is 48.8 Å². The number of nitrogens with two attached hydrogens (primary N) is 1. The number of likely N-dealkylation sites (tertiary alicyclic amines) is 1. The first-order valence-electron chi connectivity index (χ1n) is 32.3. The second kappa shape index (κ2) is 38.0. The van der Waals surface area contributed by atoms with Crippen molar-refractivity contribution < 1.29 is 67.3 Å². The maximum atomic E-state index is 14.8. The third-order valence-corrected chi connectivity index (χ3v) is 16.9. The molecule has 1 aliphatic rings. The molecule has 516 valence electrons. The Morgan fingerprint density at radius 3 is 1.89 bits per heavy atom. The molecule has 0 saturated carbocycles. The Bertz CT molecular complexity index is 2730. The van der Waals surface area contributed by atoms with Gasteiger partial charge in [0.2, 0.25) is 47.3 Å². The first-order valence-corrected chi connectivity index (χ1v) is 32.3. The Balaban J connectivity index is 1.70. The zero-order valence-electron chi connectivity index (χ0n) is 57.5. The number of likely N-dealkylation sites (N-methyl/N-ethyl adjacent to an activating group) is 2. The lowest BCUT2D eigenvalue weighted by Gasteiger charge is -2.41. The van der Waals surface area contributed by atoms with E-state index in [4.69, 9.17) is 19.9 Å². The summed E-state index contributed by atoms with van der Waals surface area (Å²) in [4.78, 5) is 140. The minimum Gasteiger partial charge on any atom is -0.445 e. The van der Waals surface area contributed by atoms with Crippen LogP contribution in [-0.2, 0) is 59.2 Å². The van der Waals surface area contributed by atoms with Crippen LogP contribution < -0.4 is 43.0 Å². The van der Waals surface area contributed by atoms with Crippen LogP contribution in [0.4, 0.5) is 15.3 Å². The summed E-state index contributed by atoms with van der Waals surface area (Å²) < 4.78 is 17.7. The minimum atomic E-state index is -1.12. The number of aliphatic hydroxyl groups is 1. The van der Waals surface area contributed by atoms with Crippen molar-refractivity contribution in [1.82, 2.24) is 46.6 Å². The van der Waals surface area contributed by atoms with Crippen molar-refractivity contribution in [3.8, 4) is 0 Å². The van der Waals surface area contributed by atoms with E-state index in [1.165, 1.54) is 26.2 Å². The van der Waals surface area contributed by atoms with Crippen LogP contribution in [0.3, 0.4) is 0 Å². The number of aliphatic hydroxyl groups excluding tert-OH is 1. The Morgan fingerprint density at radius 2 is 1.34 bits per heavy atom. The van der Waals surface area contributed by atoms with Crippen molar-refractivity contribution >= 4 is 65.1 Å². The van der Waals surface area contributed by atoms with Crippen LogP contribution in [0.1, 0.15) is 159 Å². The summed E-state index contributed by atoms with van der Waals surface area (Å²) in [6.45, 7) is 24.7. The highest BCUT2D eigenvalue weighted by molar-refractivity contribution is 5.99. The van der Waals surface area contributed by atoms with E-state index in [1.807, 2.05) is 52.8 Å². The fraction of sp³-hybridized carbons (Fsp3) is 0.672. The lowest BCUT2D eigenvalue weighted by atomic mass is 9.89. The highest BCUT2D eigenvalue weighted by atomic mass is 16.6. The average molecular weight is 1290 g/mol. The van der Waals surface area contributed by atoms with Crippen LogP contribution in [0.5, 0.6) is 0 Å². The van der Waals surface area contributed by atoms with Crippen molar-refractivity contribution in [3.63, 3.8) is 0 Å². The molecule has 0 radical (unpaired) electrons. The third-order valence-electron chi connectivity index (χ3n) is 16.9. The molecule has 1 saturated heterocycles. The van der Waals surface area contributed by atoms with Crippen LogP contribution in [-0.4, -0.2) is 182 Å². The molecule has 11 amide bonds. The predicted octanol–water partition coefficient (Wildman–Crippen LogP) is 5.53. The molecule has 0 aromatic heterocycles. The molecule has 0 unspecified atom stereocenters. The van der Waals surface area contributed by atoms with Gasteiger partial charge in [0.1, 0.15) is 30.8 Å². The smallest absolute Gasteiger partial charge is 0.410 e. The second-order valence-corrected chi connectivity index (χ2v) is 26.6. The number of hydrogen-bond donors (Lipinski definition) is 9. The molecule has 1 fully saturated rings. The number of benzene rings is 2. The summed E-state index contributed by atoms with van der Waals surface area (Å²) in [5.74, 6) is -5.72. The van der Waals surface area contributed by atoms with Gasteiger partial charge in [-0.05, 0) is 85.0 Å². The van der Waals surface area contributed by atoms with Crippen LogP contribution in [0.2, 0.25) is 0 Å². The van der Waals surface area contributed by atoms with E-state index in [1.54, 1.807) is 109 Å². The zero-order valence-corrected chi connectivity index (χ0v) is 57.5. The maximum absolute atomic E-state index is 14.8. The number of methoxy groups -OCH3 is 2. The van der Waals surface area contributed by atoms with E-state index >= 15 is 0 Å². The normalized spacial score (nSPS) is 16.9. The SMILES string of the molecule is CC[C@H](C)[C@@H]([C@@H](CC(=O)N1CCC[C@H]1[C@H](OC)[C@@H](C)C(=O)N[C@H](C)[C@@H](O)c1ccccc1)OC)N(C)C(=O)[C@@H](NC(=O)[C@H](C(C)C)N(C)C(=O)OCc1ccc(NC(=O)[C@H](CCCNC(N)=O)NC(=O)[C@@H](NC(=O)CCC(=O)NCC(C)(C)C)C(C)C)cc1)C(C)C. The Kier molecular flexibility index (Phi) is 32.5. The number of primary amides is 1. The molecule has 25 nitrogen and oxygen atoms in total. The number of nitrogens with zero attached hydrogens (tertiary/aromatic N) is 3. The molecule has 3 rings (SSSR count). The van der Waals surface area contributed by atoms with Crippen LogP contribution in [0.25, 0.3) is 0 Å². The van der Waals surface area contributed by atoms with Gasteiger partial charge >= 0.3 is 12.1 Å². The lowest BCUT2D eigenvalue weighted by molar-refractivity contribution is -0.148. The number of amides is 11. The molecule has 2 aromatic carbocycles. The summed E-state index contributed by atoms with van der Waals surface area (Å²) in [5.41, 5.74) is 6.62. The largest absolute Gasteiger partial charge is 0.445 e. The number of anilines is 1. The minimum absolute atomic E-state index is 0.0771. The molecule has 2 aromatic rings. The monoisotopic (exact) mass is 1290 g/mol. The fourth-order valence-electron chi connectivity index (χ4n) is 11.4. The van der Waals surface area contributed by atoms with Gasteiger partial charge in [-0.2, -0.15) is 0 Å². The number of hydrogen-bond acceptors (Lipinski definition) is 14. The van der Waals surface area contributed by atoms with Crippen LogP contribution >= 0.6 is 0 Å². The number of carbonyl (C=O) groups is 10. The van der Waals surface area contributed by atoms with Crippen molar-refractivity contribution in [3.05, 3.63) is 65.7 Å². The van der Waals surface area contributed by atoms with Gasteiger partial charge in [0.15, 0.2) is 0 Å². The number of nitrogens with one attached hydrogen (secondary N) is 7. The topological polar surface area (TPSA) is 339 Å². The Morgan fingerprint density at radius 1 is 0.717 bits per heavy atom. The molecule has 10 N–H and O–H groups in total. The molecule has 25 heteroatoms. The maximum Gasteiger partial charge on any atom is 0.410 e. The van der Waals surface area contributed by atoms with Crippen molar-refractivity contribution in [2.75, 3.05) is 53.3 Å². The first kappa shape index (κ1) is 78.9. The second-order valence-electron chi connectivity index (χ2n) is 26.6. The van der Waals surface area contributed by atoms with E-state index < -0.39 is 126 Å². The van der Waals surface area contributed by atoms with Crippen molar-refractivity contribution in [2.45, 2.75) is 209 Å². The van der Waals surface area contributed by atoms with E-state index in [0.29, 0.717) is 49.2 Å². The van der Waals surface area contributed by atoms with E-state index in [2.05, 4.69) is 37.2 Å². The van der Waals surface area contributed by atoms with Gasteiger partial charge < -0.3 is 72.1 Å². The molecule has 0 aliphatic carbocycles. The van der Waals surface area contributed by atoms with Gasteiger partial charge in [0.25, 0.3) is 0 Å². The molecule has 0 spiro atoms. The zero-order chi connectivity index (χ0) is 69.3. The summed E-state index contributed by atoms with van der Waals surface area (Å²) in [6.07, 6.45) is -1.29. The lowest BCUT2D eigenvalue weighted by Crippen LogP contribution is -2.60. The van der Waals surface area contributed by atoms with Gasteiger partial charge in [-0.15, -0.1) is 0 Å². The molecule has 92 heavy (non-hydrogen) atoms. The highest BCUT2D eigenvalue weighted by Gasteiger charge is 2.44. The number of rotatable bonds is 36. The first-order chi connectivity index (χ1) is 43.2. The molecule has 12 atom stereocenters. The highest BCUT2D eigenvalue weighted by Crippen LogP contribution is 2.31. The van der Waals surface area contributed by atoms with Gasteiger partial charge in [-0.3, -0.25) is 43.3 Å². The standard InChI is InChI=1S/C67H109N11O14/c1-18-42(8)57(50(90-16)36-53(81)78-35-23-27-49(78)59(91-17)43(9)60(83)71-44(10)58(82)46-24-20-19-21-25-46)76(14)64(87)55(40(4)5)75-63(86)56(41(6)7)77(15)66(89)92-37-45-28-30-47(31-29-45)72-61(84)48(26-22-34-69-65(68)88)73-62(85)54(39(2)3)74-52(80)33-32-51(79)70-38-67(11,12)13/h19-21,24-25,28-31,39-44,48-50,54-59,82H,18,22-23,26-27,32-38H2,1-17H3,(H,70,79)(H,71,83)(H,72,84)(H,73,85)(H,74,80)(H,75,86)(H3,68,69,88)/t42-,43+,44+,48-,49-,50+,54-,55-,56-,57-,58+,59+/m0/s1. The predicted molar refractivity (Wildman–Crippen MR) is 351 cm³/mol. The van der Waals surface area contributed by atoms with Crippen LogP contribution in [0, 0.1) is 35.0 Å². The molecule has 1 aliphatic heterocycles. The van der Waals surface area contributed by atoms with Crippen molar-refractivity contribution in [1.29, 1.82) is 0 Å². The summed E-state index contributed by atoms with van der Waals surface area (Å²) in [7, 11) is 6.09. The average Bonchev–Trinajstić information content (AvgIpc) is 1.41. The quantitative estimate of drug-likeness (QED) is 0.0379. The summed E-state index contributed by atoms with van der Waals surface area (Å²) in [5, 5.41) is 30.3. The molecular weight excluding hydrogens is 1180 g/mol. The van der Waals surface area contributed by atoms with Crippen molar-refractivity contribution in [2.24, 2.45) is 40.7 Å². The van der Waals surface area contributed by atoms with E-state index in [-0.39, 0.29) is 74.3 Å².